The molecule has 3 N–H and O–H groups in total. The minimum absolute atomic E-state index is 0.0790. The van der Waals surface area contributed by atoms with Crippen molar-refractivity contribution in [3.05, 3.63) is 28.8 Å². The van der Waals surface area contributed by atoms with E-state index >= 15 is 0 Å². The standard InChI is InChI=1S/C16H21BN2O5.C3H8/c1-10-13(3-2-11-9-23-17(22)15(10)11)16(21)19-8-14(20)24-12-4-6-18-7-5-12;1-3-2/h2-3,12,18,22H,4-9H2,1H3,(H,19,21);3H2,1-2H3. The molecule has 1 saturated heterocycles. The molecule has 0 unspecified atom stereocenters. The number of esters is 1. The third-order valence-corrected chi connectivity index (χ3v) is 4.47. The lowest BCUT2D eigenvalue weighted by molar-refractivity contribution is -0.148. The van der Waals surface area contributed by atoms with Crippen LogP contribution in [0.1, 0.15) is 54.6 Å². The summed E-state index contributed by atoms with van der Waals surface area (Å²) in [6.07, 6.45) is 2.76. The molecule has 1 amide bonds. The van der Waals surface area contributed by atoms with Gasteiger partial charge in [-0.15, -0.1) is 0 Å². The molecule has 7 nitrogen and oxygen atoms in total. The fourth-order valence-electron chi connectivity index (χ4n) is 3.14. The lowest BCUT2D eigenvalue weighted by atomic mass is 9.75. The van der Waals surface area contributed by atoms with Crippen molar-refractivity contribution < 1.29 is 24.0 Å². The zero-order valence-corrected chi connectivity index (χ0v) is 16.3. The summed E-state index contributed by atoms with van der Waals surface area (Å²) in [7, 11) is -1.00. The van der Waals surface area contributed by atoms with E-state index in [1.54, 1.807) is 19.1 Å². The van der Waals surface area contributed by atoms with Crippen LogP contribution in [0.4, 0.5) is 0 Å². The van der Waals surface area contributed by atoms with Gasteiger partial charge in [0.15, 0.2) is 0 Å². The number of fused-ring (bicyclic) bond motifs is 1. The van der Waals surface area contributed by atoms with Crippen LogP contribution in [-0.2, 0) is 20.8 Å². The molecule has 2 aliphatic heterocycles. The number of hydrogen-bond acceptors (Lipinski definition) is 6. The number of piperidine rings is 1. The molecule has 148 valence electrons. The highest BCUT2D eigenvalue weighted by atomic mass is 16.5. The van der Waals surface area contributed by atoms with Crippen LogP contribution in [0.2, 0.25) is 0 Å². The number of amides is 1. The Bertz CT molecular complexity index is 662. The molecule has 2 aliphatic rings. The summed E-state index contributed by atoms with van der Waals surface area (Å²) in [5.41, 5.74) is 2.61. The van der Waals surface area contributed by atoms with Crippen LogP contribution >= 0.6 is 0 Å². The Kier molecular flexibility index (Phi) is 8.28. The predicted octanol–water partition coefficient (Wildman–Crippen LogP) is 0.654. The average molecular weight is 376 g/mol. The highest BCUT2D eigenvalue weighted by Gasteiger charge is 2.31. The number of nitrogens with one attached hydrogen (secondary N) is 2. The second-order valence-corrected chi connectivity index (χ2v) is 6.80. The first kappa shape index (κ1) is 21.4. The molecule has 3 rings (SSSR count). The van der Waals surface area contributed by atoms with Gasteiger partial charge in [0.05, 0.1) is 6.61 Å². The maximum absolute atomic E-state index is 12.3. The van der Waals surface area contributed by atoms with Gasteiger partial charge in [0.2, 0.25) is 0 Å². The summed E-state index contributed by atoms with van der Waals surface area (Å²) in [5, 5.41) is 15.6. The molecule has 2 heterocycles. The number of ether oxygens (including phenoxy) is 1. The van der Waals surface area contributed by atoms with Gasteiger partial charge in [-0.25, -0.2) is 0 Å². The quantitative estimate of drug-likeness (QED) is 0.528. The van der Waals surface area contributed by atoms with Crippen LogP contribution in [0.15, 0.2) is 12.1 Å². The summed E-state index contributed by atoms with van der Waals surface area (Å²) < 4.78 is 10.5. The average Bonchev–Trinajstić information content (AvgIpc) is 3.03. The Hall–Kier alpha value is -1.90. The van der Waals surface area contributed by atoms with Crippen molar-refractivity contribution in [1.29, 1.82) is 0 Å². The van der Waals surface area contributed by atoms with Crippen molar-refractivity contribution in [2.24, 2.45) is 0 Å². The van der Waals surface area contributed by atoms with Gasteiger partial charge < -0.3 is 25.0 Å². The number of carbonyl (C=O) groups excluding carboxylic acids is 2. The van der Waals surface area contributed by atoms with Crippen LogP contribution in [0.5, 0.6) is 0 Å². The highest BCUT2D eigenvalue weighted by Crippen LogP contribution is 2.16. The van der Waals surface area contributed by atoms with Crippen LogP contribution in [0.25, 0.3) is 0 Å². The first-order valence-electron chi connectivity index (χ1n) is 9.58. The molecule has 27 heavy (non-hydrogen) atoms. The van der Waals surface area contributed by atoms with E-state index in [-0.39, 0.29) is 18.6 Å². The van der Waals surface area contributed by atoms with Gasteiger partial charge in [-0.1, -0.05) is 26.3 Å². The van der Waals surface area contributed by atoms with Gasteiger partial charge in [-0.05, 0) is 55.5 Å². The maximum Gasteiger partial charge on any atom is 0.492 e. The van der Waals surface area contributed by atoms with Crippen LogP contribution in [0.3, 0.4) is 0 Å². The molecule has 0 radical (unpaired) electrons. The third-order valence-electron chi connectivity index (χ3n) is 4.47. The smallest absolute Gasteiger partial charge is 0.461 e. The van der Waals surface area contributed by atoms with Crippen molar-refractivity contribution >= 4 is 24.5 Å². The van der Waals surface area contributed by atoms with Gasteiger partial charge in [-0.3, -0.25) is 9.59 Å². The summed E-state index contributed by atoms with van der Waals surface area (Å²) in [6, 6.07) is 3.45. The molecular formula is C19H29BN2O5. The van der Waals surface area contributed by atoms with Crippen molar-refractivity contribution in [1.82, 2.24) is 10.6 Å². The molecule has 1 aromatic carbocycles. The van der Waals surface area contributed by atoms with Crippen LogP contribution < -0.4 is 16.1 Å². The second-order valence-electron chi connectivity index (χ2n) is 6.80. The molecule has 0 spiro atoms. The van der Waals surface area contributed by atoms with Crippen molar-refractivity contribution in [2.45, 2.75) is 52.7 Å². The number of rotatable bonds is 4. The summed E-state index contributed by atoms with van der Waals surface area (Å²) >= 11 is 0. The van der Waals surface area contributed by atoms with E-state index in [0.717, 1.165) is 31.5 Å². The Labute approximate surface area is 161 Å². The minimum atomic E-state index is -1.00. The molecule has 0 aromatic heterocycles. The number of carbonyl (C=O) groups is 2. The fourth-order valence-corrected chi connectivity index (χ4v) is 3.14. The van der Waals surface area contributed by atoms with E-state index in [1.807, 2.05) is 0 Å². The van der Waals surface area contributed by atoms with Crippen LogP contribution in [0, 0.1) is 6.92 Å². The van der Waals surface area contributed by atoms with Crippen molar-refractivity contribution in [2.75, 3.05) is 19.6 Å². The third kappa shape index (κ3) is 5.79. The van der Waals surface area contributed by atoms with E-state index in [2.05, 4.69) is 24.5 Å². The van der Waals surface area contributed by atoms with Gasteiger partial charge in [0.1, 0.15) is 12.6 Å². The Morgan fingerprint density at radius 1 is 1.33 bits per heavy atom. The zero-order valence-electron chi connectivity index (χ0n) is 16.3. The lowest BCUT2D eigenvalue weighted by Crippen LogP contribution is -2.38. The molecule has 0 aliphatic carbocycles. The van der Waals surface area contributed by atoms with Gasteiger partial charge in [-0.2, -0.15) is 0 Å². The molecule has 1 aromatic rings. The Morgan fingerprint density at radius 2 is 2.00 bits per heavy atom. The number of benzene rings is 1. The molecule has 0 saturated carbocycles. The molecule has 1 fully saturated rings. The molecule has 0 atom stereocenters. The van der Waals surface area contributed by atoms with Gasteiger partial charge >= 0.3 is 13.1 Å². The van der Waals surface area contributed by atoms with Crippen molar-refractivity contribution in [3.8, 4) is 0 Å². The predicted molar refractivity (Wildman–Crippen MR) is 104 cm³/mol. The summed E-state index contributed by atoms with van der Waals surface area (Å²) in [4.78, 5) is 24.2. The Morgan fingerprint density at radius 3 is 2.67 bits per heavy atom. The monoisotopic (exact) mass is 376 g/mol. The topological polar surface area (TPSA) is 96.9 Å². The Balaban J connectivity index is 0.000000817. The van der Waals surface area contributed by atoms with E-state index < -0.39 is 13.1 Å². The van der Waals surface area contributed by atoms with Crippen LogP contribution in [-0.4, -0.2) is 49.8 Å². The summed E-state index contributed by atoms with van der Waals surface area (Å²) in [6.45, 7) is 7.85. The SMILES string of the molecule is CCC.Cc1c(C(=O)NCC(=O)OC2CCNCC2)ccc2c1B(O)OC2. The van der Waals surface area contributed by atoms with E-state index in [9.17, 15) is 14.6 Å². The number of hydrogen-bond donors (Lipinski definition) is 3. The highest BCUT2D eigenvalue weighted by molar-refractivity contribution is 6.62. The minimum Gasteiger partial charge on any atom is -0.461 e. The molecule has 0 bridgehead atoms. The molecule has 8 heteroatoms. The van der Waals surface area contributed by atoms with E-state index in [4.69, 9.17) is 9.39 Å². The zero-order chi connectivity index (χ0) is 19.8. The maximum atomic E-state index is 12.3. The molecular weight excluding hydrogens is 347 g/mol. The van der Waals surface area contributed by atoms with Crippen molar-refractivity contribution in [3.63, 3.8) is 0 Å². The van der Waals surface area contributed by atoms with Gasteiger partial charge in [0.25, 0.3) is 5.91 Å². The fraction of sp³-hybridized carbons (Fsp3) is 0.579. The van der Waals surface area contributed by atoms with Gasteiger partial charge in [0, 0.05) is 5.56 Å². The first-order valence-corrected chi connectivity index (χ1v) is 9.58. The lowest BCUT2D eigenvalue weighted by Gasteiger charge is -2.22. The normalized spacial score (nSPS) is 16.2. The second kappa shape index (κ2) is 10.4. The largest absolute Gasteiger partial charge is 0.492 e. The van der Waals surface area contributed by atoms with E-state index in [0.29, 0.717) is 23.2 Å². The summed E-state index contributed by atoms with van der Waals surface area (Å²) in [5.74, 6) is -0.797. The van der Waals surface area contributed by atoms with E-state index in [1.165, 1.54) is 6.42 Å². The first-order chi connectivity index (χ1) is 13.0.